The molecule has 2 aromatic rings. The van der Waals surface area contributed by atoms with Crippen LogP contribution < -0.4 is 5.32 Å². The third kappa shape index (κ3) is 5.99. The molecule has 136 valence electrons. The van der Waals surface area contributed by atoms with Crippen molar-refractivity contribution in [3.8, 4) is 11.3 Å². The van der Waals surface area contributed by atoms with Gasteiger partial charge in [0.15, 0.2) is 0 Å². The van der Waals surface area contributed by atoms with Gasteiger partial charge in [0.2, 0.25) is 5.91 Å². The Balaban J connectivity index is 2.00. The number of rotatable bonds is 10. The number of carbonyl (C=O) groups is 1. The molecular formula is C19H28N4O2. The third-order valence-corrected chi connectivity index (χ3v) is 4.04. The van der Waals surface area contributed by atoms with Crippen molar-refractivity contribution in [1.82, 2.24) is 15.1 Å². The zero-order chi connectivity index (χ0) is 18.1. The molecule has 0 saturated heterocycles. The minimum Gasteiger partial charge on any atom is -0.384 e. The number of H-pyrrole nitrogens is 1. The van der Waals surface area contributed by atoms with E-state index in [1.165, 1.54) is 18.4 Å². The summed E-state index contributed by atoms with van der Waals surface area (Å²) in [6.45, 7) is 4.56. The van der Waals surface area contributed by atoms with Crippen molar-refractivity contribution in [3.63, 3.8) is 0 Å². The Labute approximate surface area is 149 Å². The molecule has 6 heteroatoms. The molecule has 6 nitrogen and oxygen atoms in total. The van der Waals surface area contributed by atoms with Crippen LogP contribution in [0, 0.1) is 0 Å². The van der Waals surface area contributed by atoms with Crippen molar-refractivity contribution < 1.29 is 9.53 Å². The lowest BCUT2D eigenvalue weighted by atomic mass is 10.1. The van der Waals surface area contributed by atoms with E-state index < -0.39 is 0 Å². The van der Waals surface area contributed by atoms with Crippen molar-refractivity contribution in [2.45, 2.75) is 32.7 Å². The number of nitrogens with zero attached hydrogens (tertiary/aromatic N) is 2. The maximum Gasteiger partial charge on any atom is 0.226 e. The van der Waals surface area contributed by atoms with E-state index in [2.05, 4.69) is 34.4 Å². The monoisotopic (exact) mass is 344 g/mol. The van der Waals surface area contributed by atoms with Gasteiger partial charge in [-0.05, 0) is 32.1 Å². The minimum atomic E-state index is -0.0469. The zero-order valence-corrected chi connectivity index (χ0v) is 15.3. The summed E-state index contributed by atoms with van der Waals surface area (Å²) in [5, 5.41) is 10.2. The normalized spacial score (nSPS) is 11.0. The molecule has 0 atom stereocenters. The van der Waals surface area contributed by atoms with Gasteiger partial charge in [0, 0.05) is 30.5 Å². The first-order valence-corrected chi connectivity index (χ1v) is 8.74. The molecule has 0 saturated carbocycles. The molecule has 0 spiro atoms. The van der Waals surface area contributed by atoms with Gasteiger partial charge in [-0.1, -0.05) is 25.5 Å². The molecule has 1 aromatic carbocycles. The van der Waals surface area contributed by atoms with Gasteiger partial charge in [0.25, 0.3) is 0 Å². The number of aromatic amines is 1. The van der Waals surface area contributed by atoms with E-state index in [-0.39, 0.29) is 5.91 Å². The molecule has 1 aromatic heterocycles. The van der Waals surface area contributed by atoms with Gasteiger partial charge in [0.05, 0.1) is 24.9 Å². The van der Waals surface area contributed by atoms with E-state index in [0.29, 0.717) is 13.0 Å². The molecule has 1 heterocycles. The lowest BCUT2D eigenvalue weighted by Gasteiger charge is -2.16. The Morgan fingerprint density at radius 2 is 2.08 bits per heavy atom. The van der Waals surface area contributed by atoms with Gasteiger partial charge < -0.3 is 15.0 Å². The van der Waals surface area contributed by atoms with Gasteiger partial charge in [-0.3, -0.25) is 9.89 Å². The minimum absolute atomic E-state index is 0.0469. The number of aromatic nitrogens is 2. The summed E-state index contributed by atoms with van der Waals surface area (Å²) in [6, 6.07) is 7.81. The molecule has 0 aliphatic carbocycles. The van der Waals surface area contributed by atoms with Gasteiger partial charge in [-0.15, -0.1) is 0 Å². The number of nitrogens with one attached hydrogen (secondary N) is 2. The molecule has 0 unspecified atom stereocenters. The molecule has 25 heavy (non-hydrogen) atoms. The van der Waals surface area contributed by atoms with Crippen molar-refractivity contribution in [2.75, 3.05) is 32.6 Å². The fourth-order valence-corrected chi connectivity index (χ4v) is 2.62. The maximum absolute atomic E-state index is 11.7. The highest BCUT2D eigenvalue weighted by atomic mass is 16.5. The summed E-state index contributed by atoms with van der Waals surface area (Å²) >= 11 is 0. The van der Waals surface area contributed by atoms with Crippen LogP contribution in [0.4, 0.5) is 5.69 Å². The first-order chi connectivity index (χ1) is 12.1. The molecule has 2 N–H and O–H groups in total. The van der Waals surface area contributed by atoms with Crippen LogP contribution in [0.3, 0.4) is 0 Å². The summed E-state index contributed by atoms with van der Waals surface area (Å²) < 4.78 is 4.91. The van der Waals surface area contributed by atoms with Gasteiger partial charge in [0.1, 0.15) is 0 Å². The Bertz CT molecular complexity index is 652. The van der Waals surface area contributed by atoms with Gasteiger partial charge >= 0.3 is 0 Å². The van der Waals surface area contributed by atoms with E-state index in [9.17, 15) is 4.79 Å². The number of carbonyl (C=O) groups excluding carboxylic acids is 1. The first kappa shape index (κ1) is 19.1. The highest BCUT2D eigenvalue weighted by Crippen LogP contribution is 2.24. The fraction of sp³-hybridized carbons (Fsp3) is 0.474. The summed E-state index contributed by atoms with van der Waals surface area (Å²) in [5.41, 5.74) is 4.05. The SMILES string of the molecule is CCCCN(C)Cc1cn[nH]c1-c1ccc(NC(=O)CCOC)cc1. The predicted octanol–water partition coefficient (Wildman–Crippen LogP) is 3.28. The van der Waals surface area contributed by atoms with E-state index >= 15 is 0 Å². The van der Waals surface area contributed by atoms with Gasteiger partial charge in [-0.2, -0.15) is 5.10 Å². The highest BCUT2D eigenvalue weighted by molar-refractivity contribution is 5.91. The van der Waals surface area contributed by atoms with Crippen molar-refractivity contribution in [2.24, 2.45) is 0 Å². The van der Waals surface area contributed by atoms with Crippen LogP contribution in [0.5, 0.6) is 0 Å². The van der Waals surface area contributed by atoms with Crippen LogP contribution in [-0.2, 0) is 16.1 Å². The number of ether oxygens (including phenoxy) is 1. The van der Waals surface area contributed by atoms with Crippen LogP contribution in [0.15, 0.2) is 30.5 Å². The second-order valence-corrected chi connectivity index (χ2v) is 6.23. The molecule has 2 rings (SSSR count). The first-order valence-electron chi connectivity index (χ1n) is 8.74. The van der Waals surface area contributed by atoms with Gasteiger partial charge in [-0.25, -0.2) is 0 Å². The number of methoxy groups -OCH3 is 1. The number of anilines is 1. The molecule has 0 aliphatic rings. The molecular weight excluding hydrogens is 316 g/mol. The van der Waals surface area contributed by atoms with Crippen LogP contribution in [0.2, 0.25) is 0 Å². The van der Waals surface area contributed by atoms with Crippen LogP contribution in [-0.4, -0.2) is 48.3 Å². The Kier molecular flexibility index (Phi) is 7.63. The van der Waals surface area contributed by atoms with E-state index in [1.807, 2.05) is 30.5 Å². The lowest BCUT2D eigenvalue weighted by molar-refractivity contribution is -0.117. The summed E-state index contributed by atoms with van der Waals surface area (Å²) in [5.74, 6) is -0.0469. The average molecular weight is 344 g/mol. The Morgan fingerprint density at radius 1 is 1.32 bits per heavy atom. The standard InChI is InChI=1S/C19H28N4O2/c1-4-5-11-23(2)14-16-13-20-22-19(16)15-6-8-17(9-7-15)21-18(24)10-12-25-3/h6-9,13H,4-5,10-12,14H2,1-3H3,(H,20,22)(H,21,24). The van der Waals surface area contributed by atoms with Crippen LogP contribution in [0.25, 0.3) is 11.3 Å². The number of hydrogen-bond acceptors (Lipinski definition) is 4. The predicted molar refractivity (Wildman–Crippen MR) is 100 cm³/mol. The number of benzene rings is 1. The number of unbranched alkanes of at least 4 members (excludes halogenated alkanes) is 1. The Morgan fingerprint density at radius 3 is 2.76 bits per heavy atom. The third-order valence-electron chi connectivity index (χ3n) is 4.04. The van der Waals surface area contributed by atoms with Crippen molar-refractivity contribution >= 4 is 11.6 Å². The average Bonchev–Trinajstić information content (AvgIpc) is 3.07. The second kappa shape index (κ2) is 9.96. The second-order valence-electron chi connectivity index (χ2n) is 6.23. The van der Waals surface area contributed by atoms with E-state index in [1.54, 1.807) is 7.11 Å². The summed E-state index contributed by atoms with van der Waals surface area (Å²) in [7, 11) is 3.72. The fourth-order valence-electron chi connectivity index (χ4n) is 2.62. The summed E-state index contributed by atoms with van der Waals surface area (Å²) in [6.07, 6.45) is 4.63. The van der Waals surface area contributed by atoms with Crippen molar-refractivity contribution in [3.05, 3.63) is 36.0 Å². The number of hydrogen-bond donors (Lipinski definition) is 2. The number of amides is 1. The van der Waals surface area contributed by atoms with Crippen molar-refractivity contribution in [1.29, 1.82) is 0 Å². The lowest BCUT2D eigenvalue weighted by Crippen LogP contribution is -2.19. The molecule has 0 aliphatic heterocycles. The molecule has 0 bridgehead atoms. The topological polar surface area (TPSA) is 70.2 Å². The molecule has 0 fully saturated rings. The zero-order valence-electron chi connectivity index (χ0n) is 15.3. The van der Waals surface area contributed by atoms with E-state index in [4.69, 9.17) is 4.74 Å². The maximum atomic E-state index is 11.7. The smallest absolute Gasteiger partial charge is 0.226 e. The molecule has 1 amide bonds. The van der Waals surface area contributed by atoms with Crippen LogP contribution >= 0.6 is 0 Å². The Hall–Kier alpha value is -2.18. The highest BCUT2D eigenvalue weighted by Gasteiger charge is 2.10. The summed E-state index contributed by atoms with van der Waals surface area (Å²) in [4.78, 5) is 14.0. The molecule has 0 radical (unpaired) electrons. The largest absolute Gasteiger partial charge is 0.384 e. The van der Waals surface area contributed by atoms with Crippen LogP contribution in [0.1, 0.15) is 31.7 Å². The van der Waals surface area contributed by atoms with E-state index in [0.717, 1.165) is 30.0 Å². The quantitative estimate of drug-likeness (QED) is 0.694.